The van der Waals surface area contributed by atoms with Crippen LogP contribution in [0.2, 0.25) is 0 Å². The van der Waals surface area contributed by atoms with Gasteiger partial charge in [-0.2, -0.15) is 0 Å². The maximum atomic E-state index is 12.9. The minimum Gasteiger partial charge on any atom is -0.480 e. The number of nitrogens with two attached hydrogens (primary N) is 1. The van der Waals surface area contributed by atoms with Crippen molar-refractivity contribution in [1.82, 2.24) is 16.0 Å². The summed E-state index contributed by atoms with van der Waals surface area (Å²) in [6, 6.07) is -4.16. The molecule has 0 aromatic rings. The predicted molar refractivity (Wildman–Crippen MR) is 117 cm³/mol. The number of rotatable bonds is 14. The van der Waals surface area contributed by atoms with Crippen LogP contribution in [0.4, 0.5) is 0 Å². The van der Waals surface area contributed by atoms with E-state index in [0.717, 1.165) is 0 Å². The molecule has 0 aliphatic heterocycles. The molecule has 31 heavy (non-hydrogen) atoms. The Morgan fingerprint density at radius 2 is 1.29 bits per heavy atom. The molecular formula is C21H40N4O6. The summed E-state index contributed by atoms with van der Waals surface area (Å²) in [6.45, 7) is 10.4. The van der Waals surface area contributed by atoms with Gasteiger partial charge in [0.25, 0.3) is 0 Å². The number of aliphatic carboxylic acids is 1. The zero-order chi connectivity index (χ0) is 24.3. The summed E-state index contributed by atoms with van der Waals surface area (Å²) in [5, 5.41) is 26.3. The summed E-state index contributed by atoms with van der Waals surface area (Å²) in [6.07, 6.45) is 1.43. The molecule has 10 nitrogen and oxygen atoms in total. The van der Waals surface area contributed by atoms with E-state index >= 15 is 0 Å². The molecule has 0 aromatic heterocycles. The topological polar surface area (TPSA) is 171 Å². The van der Waals surface area contributed by atoms with Gasteiger partial charge in [0.15, 0.2) is 0 Å². The molecule has 180 valence electrons. The SMILES string of the molecule is CCC(C)C(NC(=O)C(NC(=O)C(CC(C)C)NC(=O)C(N)CO)C(C)CC)C(=O)O. The van der Waals surface area contributed by atoms with Gasteiger partial charge < -0.3 is 31.9 Å². The first-order chi connectivity index (χ1) is 14.4. The van der Waals surface area contributed by atoms with Crippen LogP contribution in [0.5, 0.6) is 0 Å². The monoisotopic (exact) mass is 444 g/mol. The largest absolute Gasteiger partial charge is 0.480 e. The third-order valence-electron chi connectivity index (χ3n) is 5.44. The van der Waals surface area contributed by atoms with E-state index in [1.54, 1.807) is 13.8 Å². The Balaban J connectivity index is 5.57. The Labute approximate surface area is 184 Å². The quantitative estimate of drug-likeness (QED) is 0.219. The first kappa shape index (κ1) is 28.8. The number of carboxylic acids is 1. The third kappa shape index (κ3) is 9.65. The highest BCUT2D eigenvalue weighted by Crippen LogP contribution is 2.13. The van der Waals surface area contributed by atoms with Gasteiger partial charge in [-0.25, -0.2) is 4.79 Å². The lowest BCUT2D eigenvalue weighted by atomic mass is 9.94. The Morgan fingerprint density at radius 1 is 0.806 bits per heavy atom. The number of carbonyl (C=O) groups is 4. The predicted octanol–water partition coefficient (Wildman–Crippen LogP) is -0.0167. The minimum atomic E-state index is -1.16. The standard InChI is InChI=1S/C21H40N4O6/c1-7-12(5)16(20(29)25-17(21(30)31)13(6)8-2)24-19(28)15(9-11(3)4)23-18(27)14(22)10-26/h11-17,26H,7-10,22H2,1-6H3,(H,23,27)(H,24,28)(H,25,29)(H,30,31). The van der Waals surface area contributed by atoms with E-state index in [1.165, 1.54) is 0 Å². The Bertz CT molecular complexity index is 613. The molecule has 10 heteroatoms. The van der Waals surface area contributed by atoms with Crippen molar-refractivity contribution in [3.8, 4) is 0 Å². The van der Waals surface area contributed by atoms with Gasteiger partial charge in [-0.1, -0.05) is 54.4 Å². The van der Waals surface area contributed by atoms with Crippen LogP contribution < -0.4 is 21.7 Å². The van der Waals surface area contributed by atoms with Crippen molar-refractivity contribution in [3.63, 3.8) is 0 Å². The summed E-state index contributed by atoms with van der Waals surface area (Å²) in [5.41, 5.74) is 5.53. The average Bonchev–Trinajstić information content (AvgIpc) is 2.72. The second-order valence-electron chi connectivity index (χ2n) is 8.56. The molecule has 0 saturated carbocycles. The molecule has 0 aromatic carbocycles. The summed E-state index contributed by atoms with van der Waals surface area (Å²) >= 11 is 0. The molecule has 0 spiro atoms. The molecule has 0 radical (unpaired) electrons. The number of carbonyl (C=O) groups excluding carboxylic acids is 3. The Kier molecular flexibility index (Phi) is 13.0. The van der Waals surface area contributed by atoms with Crippen LogP contribution in [0.3, 0.4) is 0 Å². The van der Waals surface area contributed by atoms with Crippen molar-refractivity contribution in [3.05, 3.63) is 0 Å². The van der Waals surface area contributed by atoms with Crippen LogP contribution in [-0.4, -0.2) is 64.7 Å². The molecule has 3 amide bonds. The van der Waals surface area contributed by atoms with Crippen molar-refractivity contribution < 1.29 is 29.4 Å². The van der Waals surface area contributed by atoms with Gasteiger partial charge in [0, 0.05) is 0 Å². The van der Waals surface area contributed by atoms with Crippen molar-refractivity contribution in [2.24, 2.45) is 23.5 Å². The summed E-state index contributed by atoms with van der Waals surface area (Å²) < 4.78 is 0. The molecule has 6 atom stereocenters. The molecule has 7 N–H and O–H groups in total. The lowest BCUT2D eigenvalue weighted by molar-refractivity contribution is -0.144. The summed E-state index contributed by atoms with van der Waals surface area (Å²) in [4.78, 5) is 49.5. The normalized spacial score (nSPS) is 17.1. The molecular weight excluding hydrogens is 404 g/mol. The molecule has 0 rings (SSSR count). The smallest absolute Gasteiger partial charge is 0.326 e. The number of carboxylic acid groups (broad SMARTS) is 1. The van der Waals surface area contributed by atoms with E-state index in [-0.39, 0.29) is 17.8 Å². The minimum absolute atomic E-state index is 0.0547. The van der Waals surface area contributed by atoms with E-state index < -0.39 is 54.5 Å². The molecule has 6 unspecified atom stereocenters. The number of aliphatic hydroxyl groups excluding tert-OH is 1. The van der Waals surface area contributed by atoms with Crippen LogP contribution in [-0.2, 0) is 19.2 Å². The van der Waals surface area contributed by atoms with Crippen LogP contribution >= 0.6 is 0 Å². The van der Waals surface area contributed by atoms with E-state index in [1.807, 2.05) is 27.7 Å². The fourth-order valence-corrected chi connectivity index (χ4v) is 2.95. The lowest BCUT2D eigenvalue weighted by Gasteiger charge is -2.29. The van der Waals surface area contributed by atoms with Crippen molar-refractivity contribution in [2.75, 3.05) is 6.61 Å². The fourth-order valence-electron chi connectivity index (χ4n) is 2.95. The molecule has 0 heterocycles. The van der Waals surface area contributed by atoms with Gasteiger partial charge in [0.05, 0.1) is 6.61 Å². The first-order valence-corrected chi connectivity index (χ1v) is 10.9. The lowest BCUT2D eigenvalue weighted by Crippen LogP contribution is -2.59. The summed E-state index contributed by atoms with van der Waals surface area (Å²) in [7, 11) is 0. The van der Waals surface area contributed by atoms with Gasteiger partial charge in [-0.3, -0.25) is 14.4 Å². The highest BCUT2D eigenvalue weighted by Gasteiger charge is 2.34. The van der Waals surface area contributed by atoms with Crippen LogP contribution in [0.15, 0.2) is 0 Å². The Hall–Kier alpha value is -2.20. The van der Waals surface area contributed by atoms with E-state index in [2.05, 4.69) is 16.0 Å². The molecule has 0 bridgehead atoms. The van der Waals surface area contributed by atoms with Gasteiger partial charge in [0.2, 0.25) is 17.7 Å². The van der Waals surface area contributed by atoms with Crippen LogP contribution in [0, 0.1) is 17.8 Å². The molecule has 0 aliphatic rings. The highest BCUT2D eigenvalue weighted by molar-refractivity contribution is 5.94. The number of aliphatic hydroxyl groups is 1. The summed E-state index contributed by atoms with van der Waals surface area (Å²) in [5.74, 6) is -3.47. The molecule has 0 aliphatic carbocycles. The maximum absolute atomic E-state index is 12.9. The molecule has 0 saturated heterocycles. The zero-order valence-corrected chi connectivity index (χ0v) is 19.5. The number of hydrogen-bond donors (Lipinski definition) is 6. The molecule has 0 fully saturated rings. The van der Waals surface area contributed by atoms with Crippen molar-refractivity contribution in [2.45, 2.75) is 85.0 Å². The van der Waals surface area contributed by atoms with E-state index in [0.29, 0.717) is 19.3 Å². The van der Waals surface area contributed by atoms with E-state index in [4.69, 9.17) is 10.8 Å². The van der Waals surface area contributed by atoms with E-state index in [9.17, 15) is 24.3 Å². The van der Waals surface area contributed by atoms with Gasteiger partial charge >= 0.3 is 5.97 Å². The number of nitrogens with one attached hydrogen (secondary N) is 3. The zero-order valence-electron chi connectivity index (χ0n) is 19.5. The first-order valence-electron chi connectivity index (χ1n) is 10.9. The van der Waals surface area contributed by atoms with Gasteiger partial charge in [-0.15, -0.1) is 0 Å². The Morgan fingerprint density at radius 3 is 1.71 bits per heavy atom. The highest BCUT2D eigenvalue weighted by atomic mass is 16.4. The van der Waals surface area contributed by atoms with Crippen molar-refractivity contribution >= 4 is 23.7 Å². The fraction of sp³-hybridized carbons (Fsp3) is 0.810. The van der Waals surface area contributed by atoms with Gasteiger partial charge in [-0.05, 0) is 24.2 Å². The van der Waals surface area contributed by atoms with Crippen molar-refractivity contribution in [1.29, 1.82) is 0 Å². The van der Waals surface area contributed by atoms with Crippen LogP contribution in [0.25, 0.3) is 0 Å². The van der Waals surface area contributed by atoms with Crippen LogP contribution in [0.1, 0.15) is 60.8 Å². The second-order valence-corrected chi connectivity index (χ2v) is 8.56. The third-order valence-corrected chi connectivity index (χ3v) is 5.44. The maximum Gasteiger partial charge on any atom is 0.326 e. The number of amides is 3. The van der Waals surface area contributed by atoms with Gasteiger partial charge in [0.1, 0.15) is 24.2 Å². The average molecular weight is 445 g/mol. The number of hydrogen-bond acceptors (Lipinski definition) is 6. The second kappa shape index (κ2) is 14.0.